The van der Waals surface area contributed by atoms with Crippen LogP contribution in [0.4, 0.5) is 13.2 Å². The summed E-state index contributed by atoms with van der Waals surface area (Å²) in [6.07, 6.45) is -5.19. The van der Waals surface area contributed by atoms with Gasteiger partial charge < -0.3 is 24.0 Å². The first-order valence-electron chi connectivity index (χ1n) is 9.11. The zero-order chi connectivity index (χ0) is 21.6. The minimum absolute atomic E-state index is 0.0519. The number of carbonyl (C=O) groups is 2. The first kappa shape index (κ1) is 23.0. The van der Waals surface area contributed by atoms with Crippen molar-refractivity contribution in [3.8, 4) is 5.75 Å². The zero-order valence-corrected chi connectivity index (χ0v) is 16.6. The lowest BCUT2D eigenvalue weighted by Gasteiger charge is -2.27. The number of rotatable bonds is 7. The van der Waals surface area contributed by atoms with Crippen LogP contribution in [-0.2, 0) is 25.7 Å². The molecule has 1 saturated heterocycles. The third kappa shape index (κ3) is 7.21. The van der Waals surface area contributed by atoms with Crippen LogP contribution >= 0.6 is 0 Å². The molecule has 0 radical (unpaired) electrons. The Hall–Kier alpha value is -2.33. The zero-order valence-electron chi connectivity index (χ0n) is 16.6. The molecule has 0 aromatic heterocycles. The van der Waals surface area contributed by atoms with Gasteiger partial charge in [-0.1, -0.05) is 12.1 Å². The van der Waals surface area contributed by atoms with E-state index in [2.05, 4.69) is 4.74 Å². The van der Waals surface area contributed by atoms with Crippen LogP contribution in [0.15, 0.2) is 24.3 Å². The normalized spacial score (nSPS) is 18.2. The number of benzene rings is 1. The van der Waals surface area contributed by atoms with Gasteiger partial charge in [-0.05, 0) is 31.5 Å². The van der Waals surface area contributed by atoms with Gasteiger partial charge in [-0.2, -0.15) is 0 Å². The number of nitrogens with zero attached hydrogens (tertiary/aromatic N) is 2. The highest BCUT2D eigenvalue weighted by Gasteiger charge is 2.32. The molecule has 1 aromatic carbocycles. The molecule has 2 rings (SSSR count). The second-order valence-electron chi connectivity index (χ2n) is 6.97. The second-order valence-corrected chi connectivity index (χ2v) is 6.97. The Morgan fingerprint density at radius 3 is 2.41 bits per heavy atom. The molecule has 162 valence electrons. The van der Waals surface area contributed by atoms with Crippen molar-refractivity contribution in [2.24, 2.45) is 0 Å². The van der Waals surface area contributed by atoms with Gasteiger partial charge in [0.15, 0.2) is 0 Å². The summed E-state index contributed by atoms with van der Waals surface area (Å²) in [5, 5.41) is 0. The maximum atomic E-state index is 12.5. The number of carbonyl (C=O) groups excluding carboxylic acids is 2. The first-order chi connectivity index (χ1) is 13.6. The molecule has 1 atom stereocenters. The molecule has 2 amide bonds. The van der Waals surface area contributed by atoms with E-state index in [-0.39, 0.29) is 49.9 Å². The lowest BCUT2D eigenvalue weighted by molar-refractivity contribution is -0.274. The summed E-state index contributed by atoms with van der Waals surface area (Å²) < 4.78 is 51.3. The van der Waals surface area contributed by atoms with Gasteiger partial charge in [0.2, 0.25) is 11.8 Å². The Kier molecular flexibility index (Phi) is 7.86. The average molecular weight is 418 g/mol. The molecule has 0 bridgehead atoms. The summed E-state index contributed by atoms with van der Waals surface area (Å²) in [6, 6.07) is 5.29. The van der Waals surface area contributed by atoms with Crippen LogP contribution in [0.2, 0.25) is 0 Å². The average Bonchev–Trinajstić information content (AvgIpc) is 2.79. The fraction of sp³-hybridized carbons (Fsp3) is 0.579. The van der Waals surface area contributed by atoms with Crippen LogP contribution in [0.25, 0.3) is 0 Å². The van der Waals surface area contributed by atoms with Crippen LogP contribution in [0.3, 0.4) is 0 Å². The van der Waals surface area contributed by atoms with E-state index in [0.717, 1.165) is 0 Å². The number of ether oxygens (including phenoxy) is 3. The largest absolute Gasteiger partial charge is 0.573 e. The highest BCUT2D eigenvalue weighted by molar-refractivity contribution is 5.86. The first-order valence-corrected chi connectivity index (χ1v) is 9.11. The molecule has 0 spiro atoms. The Morgan fingerprint density at radius 1 is 1.21 bits per heavy atom. The molecular formula is C19H25F3N2O5. The summed E-state index contributed by atoms with van der Waals surface area (Å²) >= 11 is 0. The standard InChI is InChI=1S/C19H25F3N2O5/c1-13(2)24-9-16(8-23(10-17(24)25)18(26)12-27-3)28-11-14-4-6-15(7-5-14)29-19(20,21)22/h4-7,13,16H,8-12H2,1-3H3. The van der Waals surface area contributed by atoms with Crippen LogP contribution in [0.5, 0.6) is 5.75 Å². The number of halogens is 3. The maximum Gasteiger partial charge on any atom is 0.573 e. The molecule has 1 fully saturated rings. The maximum absolute atomic E-state index is 12.5. The van der Waals surface area contributed by atoms with Crippen molar-refractivity contribution in [3.63, 3.8) is 0 Å². The Balaban J connectivity index is 2.04. The smallest absolute Gasteiger partial charge is 0.406 e. The molecule has 0 N–H and O–H groups in total. The highest BCUT2D eigenvalue weighted by atomic mass is 19.4. The van der Waals surface area contributed by atoms with Gasteiger partial charge in [0.25, 0.3) is 0 Å². The molecule has 1 aliphatic heterocycles. The molecule has 7 nitrogen and oxygen atoms in total. The van der Waals surface area contributed by atoms with Gasteiger partial charge in [-0.25, -0.2) is 0 Å². The van der Waals surface area contributed by atoms with Crippen LogP contribution in [-0.4, -0.2) is 73.5 Å². The van der Waals surface area contributed by atoms with Gasteiger partial charge in [0, 0.05) is 26.2 Å². The minimum Gasteiger partial charge on any atom is -0.406 e. The van der Waals surface area contributed by atoms with Crippen molar-refractivity contribution in [2.75, 3.05) is 33.4 Å². The molecular weight excluding hydrogens is 393 g/mol. The summed E-state index contributed by atoms with van der Waals surface area (Å²) in [6.45, 7) is 4.20. The number of methoxy groups -OCH3 is 1. The van der Waals surface area contributed by atoms with Crippen molar-refractivity contribution in [2.45, 2.75) is 39.0 Å². The quantitative estimate of drug-likeness (QED) is 0.679. The lowest BCUT2D eigenvalue weighted by atomic mass is 10.2. The Bertz CT molecular complexity index is 694. The van der Waals surface area contributed by atoms with E-state index in [1.165, 1.54) is 36.3 Å². The van der Waals surface area contributed by atoms with Crippen molar-refractivity contribution < 1.29 is 37.0 Å². The van der Waals surface area contributed by atoms with E-state index in [1.807, 2.05) is 13.8 Å². The van der Waals surface area contributed by atoms with Crippen LogP contribution in [0, 0.1) is 0 Å². The van der Waals surface area contributed by atoms with E-state index >= 15 is 0 Å². The summed E-state index contributed by atoms with van der Waals surface area (Å²) in [7, 11) is 1.40. The molecule has 0 saturated carbocycles. The fourth-order valence-corrected chi connectivity index (χ4v) is 2.95. The van der Waals surface area contributed by atoms with E-state index in [1.54, 1.807) is 4.90 Å². The van der Waals surface area contributed by atoms with E-state index in [4.69, 9.17) is 9.47 Å². The van der Waals surface area contributed by atoms with Crippen molar-refractivity contribution in [1.82, 2.24) is 9.80 Å². The van der Waals surface area contributed by atoms with Crippen molar-refractivity contribution >= 4 is 11.8 Å². The number of alkyl halides is 3. The minimum atomic E-state index is -4.75. The summed E-state index contributed by atoms with van der Waals surface area (Å²) in [5.74, 6) is -0.804. The molecule has 1 aromatic rings. The van der Waals surface area contributed by atoms with E-state index in [0.29, 0.717) is 12.1 Å². The third-order valence-electron chi connectivity index (χ3n) is 4.36. The van der Waals surface area contributed by atoms with Crippen molar-refractivity contribution in [3.05, 3.63) is 29.8 Å². The molecule has 0 aliphatic carbocycles. The van der Waals surface area contributed by atoms with Gasteiger partial charge in [0.05, 0.1) is 19.3 Å². The molecule has 10 heteroatoms. The van der Waals surface area contributed by atoms with Gasteiger partial charge in [-0.15, -0.1) is 13.2 Å². The molecule has 1 unspecified atom stereocenters. The number of hydrogen-bond donors (Lipinski definition) is 0. The van der Waals surface area contributed by atoms with Crippen molar-refractivity contribution in [1.29, 1.82) is 0 Å². The molecule has 1 heterocycles. The number of hydrogen-bond acceptors (Lipinski definition) is 5. The Morgan fingerprint density at radius 2 is 1.86 bits per heavy atom. The van der Waals surface area contributed by atoms with Gasteiger partial charge in [-0.3, -0.25) is 9.59 Å². The summed E-state index contributed by atoms with van der Waals surface area (Å²) in [4.78, 5) is 27.7. The van der Waals surface area contributed by atoms with Crippen LogP contribution in [0.1, 0.15) is 19.4 Å². The van der Waals surface area contributed by atoms with Gasteiger partial charge >= 0.3 is 6.36 Å². The predicted molar refractivity (Wildman–Crippen MR) is 97.0 cm³/mol. The molecule has 1 aliphatic rings. The highest BCUT2D eigenvalue weighted by Crippen LogP contribution is 2.23. The third-order valence-corrected chi connectivity index (χ3v) is 4.36. The number of amides is 2. The lowest BCUT2D eigenvalue weighted by Crippen LogP contribution is -2.43. The van der Waals surface area contributed by atoms with E-state index < -0.39 is 12.5 Å². The second kappa shape index (κ2) is 9.93. The Labute approximate surface area is 167 Å². The molecule has 29 heavy (non-hydrogen) atoms. The van der Waals surface area contributed by atoms with Gasteiger partial charge in [0.1, 0.15) is 12.4 Å². The summed E-state index contributed by atoms with van der Waals surface area (Å²) in [5.41, 5.74) is 0.640. The SMILES string of the molecule is COCC(=O)N1CC(=O)N(C(C)C)CC(OCc2ccc(OC(F)(F)F)cc2)C1. The van der Waals surface area contributed by atoms with Crippen LogP contribution < -0.4 is 4.74 Å². The van der Waals surface area contributed by atoms with E-state index in [9.17, 15) is 22.8 Å². The monoisotopic (exact) mass is 418 g/mol. The topological polar surface area (TPSA) is 68.3 Å². The predicted octanol–water partition coefficient (Wildman–Crippen LogP) is 2.20. The fourth-order valence-electron chi connectivity index (χ4n) is 2.95.